The summed E-state index contributed by atoms with van der Waals surface area (Å²) in [4.78, 5) is 25.9. The number of phenols is 2. The van der Waals surface area contributed by atoms with Gasteiger partial charge in [0, 0.05) is 19.0 Å². The number of hydrogen-bond donors (Lipinski definition) is 2. The van der Waals surface area contributed by atoms with Crippen LogP contribution in [-0.4, -0.2) is 47.2 Å². The number of benzene rings is 1. The minimum Gasteiger partial charge on any atom is -0.504 e. The Morgan fingerprint density at radius 1 is 1.35 bits per heavy atom. The number of likely N-dealkylation sites (tertiary alicyclic amines) is 1. The topological polar surface area (TPSA) is 87.1 Å². The van der Waals surface area contributed by atoms with Crippen LogP contribution in [0.3, 0.4) is 0 Å². The summed E-state index contributed by atoms with van der Waals surface area (Å²) >= 11 is 0. The Balaban J connectivity index is 1.98. The lowest BCUT2D eigenvalue weighted by Crippen LogP contribution is -2.45. The van der Waals surface area contributed by atoms with Gasteiger partial charge in [0.1, 0.15) is 0 Å². The Kier molecular flexibility index (Phi) is 5.47. The number of hydrogen-bond acceptors (Lipinski definition) is 5. The van der Waals surface area contributed by atoms with Crippen molar-refractivity contribution < 1.29 is 24.5 Å². The lowest BCUT2D eigenvalue weighted by Gasteiger charge is -2.33. The van der Waals surface area contributed by atoms with E-state index in [0.29, 0.717) is 19.5 Å². The molecule has 0 saturated carbocycles. The van der Waals surface area contributed by atoms with Gasteiger partial charge in [-0.25, -0.2) is 0 Å². The third-order valence-corrected chi connectivity index (χ3v) is 4.27. The van der Waals surface area contributed by atoms with Gasteiger partial charge in [-0.3, -0.25) is 9.59 Å². The molecule has 1 heterocycles. The first kappa shape index (κ1) is 17.1. The van der Waals surface area contributed by atoms with Crippen LogP contribution in [0.2, 0.25) is 0 Å². The number of aromatic hydroxyl groups is 2. The number of rotatable bonds is 4. The molecule has 6 heteroatoms. The number of nitrogens with zero attached hydrogens (tertiary/aromatic N) is 1. The fourth-order valence-electron chi connectivity index (χ4n) is 2.98. The summed E-state index contributed by atoms with van der Waals surface area (Å²) in [5.41, 5.74) is 0.780. The van der Waals surface area contributed by atoms with Gasteiger partial charge in [-0.2, -0.15) is 0 Å². The maximum Gasteiger partial charge on any atom is 0.310 e. The molecule has 23 heavy (non-hydrogen) atoms. The molecular formula is C17H23NO5. The Morgan fingerprint density at radius 2 is 2.09 bits per heavy atom. The number of methoxy groups -OCH3 is 1. The highest BCUT2D eigenvalue weighted by atomic mass is 16.5. The van der Waals surface area contributed by atoms with Crippen molar-refractivity contribution in [3.8, 4) is 11.5 Å². The SMILES string of the molecule is COC(=O)C1CCCN(C(=O)C(C)Cc2ccc(O)c(O)c2)C1. The van der Waals surface area contributed by atoms with Gasteiger partial charge >= 0.3 is 5.97 Å². The van der Waals surface area contributed by atoms with Crippen LogP contribution in [0.4, 0.5) is 0 Å². The highest BCUT2D eigenvalue weighted by Crippen LogP contribution is 2.27. The van der Waals surface area contributed by atoms with E-state index < -0.39 is 0 Å². The van der Waals surface area contributed by atoms with E-state index in [2.05, 4.69) is 0 Å². The molecule has 1 aromatic carbocycles. The molecule has 1 aliphatic rings. The van der Waals surface area contributed by atoms with Crippen LogP contribution in [0.25, 0.3) is 0 Å². The van der Waals surface area contributed by atoms with Crippen molar-refractivity contribution in [2.24, 2.45) is 11.8 Å². The van der Waals surface area contributed by atoms with E-state index in [1.54, 1.807) is 11.0 Å². The van der Waals surface area contributed by atoms with Crippen LogP contribution in [0.5, 0.6) is 11.5 Å². The molecule has 1 saturated heterocycles. The summed E-state index contributed by atoms with van der Waals surface area (Å²) < 4.78 is 4.77. The van der Waals surface area contributed by atoms with Crippen molar-refractivity contribution in [3.63, 3.8) is 0 Å². The first-order chi connectivity index (χ1) is 10.9. The molecule has 6 nitrogen and oxygen atoms in total. The van der Waals surface area contributed by atoms with Crippen molar-refractivity contribution >= 4 is 11.9 Å². The minimum absolute atomic E-state index is 0.00818. The molecule has 2 atom stereocenters. The molecular weight excluding hydrogens is 298 g/mol. The van der Waals surface area contributed by atoms with E-state index in [9.17, 15) is 19.8 Å². The van der Waals surface area contributed by atoms with Gasteiger partial charge in [-0.15, -0.1) is 0 Å². The first-order valence-electron chi connectivity index (χ1n) is 7.79. The van der Waals surface area contributed by atoms with Gasteiger partial charge in [0.2, 0.25) is 5.91 Å². The molecule has 1 aliphatic heterocycles. The van der Waals surface area contributed by atoms with Crippen molar-refractivity contribution in [1.29, 1.82) is 0 Å². The molecule has 0 spiro atoms. The Labute approximate surface area is 135 Å². The predicted molar refractivity (Wildman–Crippen MR) is 84.0 cm³/mol. The second-order valence-electron chi connectivity index (χ2n) is 6.07. The van der Waals surface area contributed by atoms with Crippen LogP contribution in [-0.2, 0) is 20.7 Å². The van der Waals surface area contributed by atoms with Gasteiger partial charge in [0.05, 0.1) is 13.0 Å². The lowest BCUT2D eigenvalue weighted by atomic mass is 9.94. The fourth-order valence-corrected chi connectivity index (χ4v) is 2.98. The molecule has 2 rings (SSSR count). The summed E-state index contributed by atoms with van der Waals surface area (Å²) in [5, 5.41) is 18.9. The largest absolute Gasteiger partial charge is 0.504 e. The number of ether oxygens (including phenoxy) is 1. The van der Waals surface area contributed by atoms with Crippen molar-refractivity contribution in [1.82, 2.24) is 4.90 Å². The van der Waals surface area contributed by atoms with Gasteiger partial charge in [-0.1, -0.05) is 13.0 Å². The molecule has 0 aromatic heterocycles. The average Bonchev–Trinajstić information content (AvgIpc) is 2.56. The van der Waals surface area contributed by atoms with E-state index in [0.717, 1.165) is 18.4 Å². The maximum absolute atomic E-state index is 12.6. The summed E-state index contributed by atoms with van der Waals surface area (Å²) in [7, 11) is 1.36. The highest BCUT2D eigenvalue weighted by molar-refractivity contribution is 5.80. The van der Waals surface area contributed by atoms with E-state index in [-0.39, 0.29) is 35.2 Å². The molecule has 0 aliphatic carbocycles. The van der Waals surface area contributed by atoms with Crippen LogP contribution in [0, 0.1) is 11.8 Å². The standard InChI is InChI=1S/C17H23NO5/c1-11(8-12-5-6-14(19)15(20)9-12)16(21)18-7-3-4-13(10-18)17(22)23-2/h5-6,9,11,13,19-20H,3-4,7-8,10H2,1-2H3. The summed E-state index contributed by atoms with van der Waals surface area (Å²) in [6, 6.07) is 4.56. The van der Waals surface area contributed by atoms with Gasteiger partial charge in [0.25, 0.3) is 0 Å². The van der Waals surface area contributed by atoms with Gasteiger partial charge < -0.3 is 19.8 Å². The molecule has 1 fully saturated rings. The molecule has 2 N–H and O–H groups in total. The molecule has 1 amide bonds. The second-order valence-corrected chi connectivity index (χ2v) is 6.07. The van der Waals surface area contributed by atoms with E-state index in [1.165, 1.54) is 19.2 Å². The van der Waals surface area contributed by atoms with Crippen molar-refractivity contribution in [3.05, 3.63) is 23.8 Å². The third-order valence-electron chi connectivity index (χ3n) is 4.27. The minimum atomic E-state index is -0.268. The van der Waals surface area contributed by atoms with Crippen molar-refractivity contribution in [2.75, 3.05) is 20.2 Å². The quantitative estimate of drug-likeness (QED) is 0.651. The Morgan fingerprint density at radius 3 is 2.74 bits per heavy atom. The molecule has 0 bridgehead atoms. The smallest absolute Gasteiger partial charge is 0.310 e. The molecule has 1 aromatic rings. The zero-order valence-electron chi connectivity index (χ0n) is 13.5. The fraction of sp³-hybridized carbons (Fsp3) is 0.529. The number of piperidine rings is 1. The van der Waals surface area contributed by atoms with E-state index in [1.807, 2.05) is 6.92 Å². The number of phenolic OH excluding ortho intramolecular Hbond substituents is 2. The number of amides is 1. The van der Waals surface area contributed by atoms with Crippen LogP contribution < -0.4 is 0 Å². The summed E-state index contributed by atoms with van der Waals surface area (Å²) in [6.07, 6.45) is 2.00. The lowest BCUT2D eigenvalue weighted by molar-refractivity contribution is -0.149. The number of carbonyl (C=O) groups is 2. The van der Waals surface area contributed by atoms with Crippen LogP contribution >= 0.6 is 0 Å². The Hall–Kier alpha value is -2.24. The highest BCUT2D eigenvalue weighted by Gasteiger charge is 2.30. The van der Waals surface area contributed by atoms with Crippen molar-refractivity contribution in [2.45, 2.75) is 26.2 Å². The zero-order valence-corrected chi connectivity index (χ0v) is 13.5. The van der Waals surface area contributed by atoms with Crippen LogP contribution in [0.15, 0.2) is 18.2 Å². The first-order valence-corrected chi connectivity index (χ1v) is 7.79. The molecule has 126 valence electrons. The van der Waals surface area contributed by atoms with E-state index in [4.69, 9.17) is 4.74 Å². The summed E-state index contributed by atoms with van der Waals surface area (Å²) in [6.45, 7) is 2.88. The number of esters is 1. The predicted octanol–water partition coefficient (Wildman–Crippen LogP) is 1.69. The second kappa shape index (κ2) is 7.35. The number of carbonyl (C=O) groups excluding carboxylic acids is 2. The van der Waals surface area contributed by atoms with E-state index >= 15 is 0 Å². The van der Waals surface area contributed by atoms with Crippen LogP contribution in [0.1, 0.15) is 25.3 Å². The maximum atomic E-state index is 12.6. The molecule has 0 radical (unpaired) electrons. The Bertz CT molecular complexity index is 586. The third kappa shape index (κ3) is 4.15. The monoisotopic (exact) mass is 321 g/mol. The van der Waals surface area contributed by atoms with Gasteiger partial charge in [-0.05, 0) is 37.0 Å². The average molecular weight is 321 g/mol. The zero-order chi connectivity index (χ0) is 17.0. The normalized spacial score (nSPS) is 19.2. The molecule has 2 unspecified atom stereocenters. The summed E-state index contributed by atoms with van der Waals surface area (Å²) in [5.74, 6) is -1.15. The van der Waals surface area contributed by atoms with Gasteiger partial charge in [0.15, 0.2) is 11.5 Å².